The van der Waals surface area contributed by atoms with Crippen LogP contribution in [-0.4, -0.2) is 31.2 Å². The molecule has 0 saturated carbocycles. The number of nitrogens with zero attached hydrogens (tertiary/aromatic N) is 4. The predicted molar refractivity (Wildman–Crippen MR) is 125 cm³/mol. The van der Waals surface area contributed by atoms with Gasteiger partial charge in [-0.2, -0.15) is 22.7 Å². The van der Waals surface area contributed by atoms with E-state index in [1.807, 2.05) is 0 Å². The molecule has 4 aromatic rings. The molecule has 0 fully saturated rings. The number of hydrogen-bond acceptors (Lipinski definition) is 6. The van der Waals surface area contributed by atoms with Crippen molar-refractivity contribution in [2.75, 3.05) is 16.0 Å². The molecule has 0 atom stereocenters. The lowest BCUT2D eigenvalue weighted by atomic mass is 10.2. The zero-order valence-corrected chi connectivity index (χ0v) is 19.2. The fourth-order valence-corrected chi connectivity index (χ4v) is 3.38. The van der Waals surface area contributed by atoms with Crippen molar-refractivity contribution in [2.45, 2.75) is 19.5 Å². The van der Waals surface area contributed by atoms with Crippen LogP contribution >= 0.6 is 11.6 Å². The largest absolute Gasteiger partial charge is 0.417 e. The number of carbonyl (C=O) groups is 1. The van der Waals surface area contributed by atoms with Crippen molar-refractivity contribution < 1.29 is 22.4 Å². The summed E-state index contributed by atoms with van der Waals surface area (Å²) in [5.74, 6) is 0.755. The Hall–Kier alpha value is -4.26. The Morgan fingerprint density at radius 1 is 1.03 bits per heavy atom. The normalized spacial score (nSPS) is 11.3. The maximum atomic E-state index is 13.1. The molecule has 0 bridgehead atoms. The Morgan fingerprint density at radius 2 is 1.83 bits per heavy atom. The van der Waals surface area contributed by atoms with Gasteiger partial charge >= 0.3 is 12.2 Å². The fraction of sp³-hybridized carbons (Fsp3) is 0.136. The van der Waals surface area contributed by atoms with Gasteiger partial charge in [0.05, 0.1) is 10.6 Å². The maximum absolute atomic E-state index is 13.1. The first kappa shape index (κ1) is 24.9. The molecule has 186 valence electrons. The van der Waals surface area contributed by atoms with Crippen LogP contribution in [0.1, 0.15) is 22.6 Å². The molecule has 0 spiro atoms. The number of halogens is 5. The van der Waals surface area contributed by atoms with Crippen LogP contribution in [0.3, 0.4) is 0 Å². The van der Waals surface area contributed by atoms with E-state index in [4.69, 9.17) is 11.6 Å². The van der Waals surface area contributed by atoms with E-state index in [0.29, 0.717) is 23.8 Å². The van der Waals surface area contributed by atoms with E-state index in [1.54, 1.807) is 19.1 Å². The molecule has 9 nitrogen and oxygen atoms in total. The van der Waals surface area contributed by atoms with E-state index in [0.717, 1.165) is 17.7 Å². The van der Waals surface area contributed by atoms with Crippen LogP contribution in [0.25, 0.3) is 0 Å². The second-order valence-corrected chi connectivity index (χ2v) is 7.94. The smallest absolute Gasteiger partial charge is 0.323 e. The molecule has 0 saturated heterocycles. The number of aromatic amines is 1. The minimum absolute atomic E-state index is 0.0839. The third kappa shape index (κ3) is 6.44. The van der Waals surface area contributed by atoms with Gasteiger partial charge in [-0.3, -0.25) is 10.4 Å². The predicted octanol–water partition coefficient (Wildman–Crippen LogP) is 5.69. The topological polar surface area (TPSA) is 121 Å². The highest BCUT2D eigenvalue weighted by Crippen LogP contribution is 2.36. The summed E-state index contributed by atoms with van der Waals surface area (Å²) < 4.78 is 52.1. The van der Waals surface area contributed by atoms with Crippen molar-refractivity contribution in [1.29, 1.82) is 0 Å². The Balaban J connectivity index is 1.38. The Labute approximate surface area is 206 Å². The van der Waals surface area contributed by atoms with Crippen LogP contribution in [0.2, 0.25) is 5.02 Å². The van der Waals surface area contributed by atoms with E-state index in [2.05, 4.69) is 41.1 Å². The first-order chi connectivity index (χ1) is 17.0. The molecule has 36 heavy (non-hydrogen) atoms. The number of aryl methyl sites for hydroxylation is 1. The number of anilines is 4. The summed E-state index contributed by atoms with van der Waals surface area (Å²) in [6.45, 7) is 1.78. The monoisotopic (exact) mass is 520 g/mol. The molecule has 14 heteroatoms. The third-order valence-corrected chi connectivity index (χ3v) is 4.99. The van der Waals surface area contributed by atoms with Crippen LogP contribution in [0.5, 0.6) is 0 Å². The van der Waals surface area contributed by atoms with E-state index >= 15 is 0 Å². The molecule has 0 aliphatic rings. The molecule has 0 unspecified atom stereocenters. The highest BCUT2D eigenvalue weighted by molar-refractivity contribution is 6.31. The highest BCUT2D eigenvalue weighted by Gasteiger charge is 2.33. The number of hydrogen-bond donors (Lipinski definition) is 4. The number of pyridine rings is 1. The molecule has 2 amide bonds. The van der Waals surface area contributed by atoms with Crippen LogP contribution in [0, 0.1) is 12.9 Å². The maximum Gasteiger partial charge on any atom is 0.417 e. The number of nitrogens with one attached hydrogen (secondary N) is 4. The molecule has 0 radical (unpaired) electrons. The summed E-state index contributed by atoms with van der Waals surface area (Å²) in [5.41, 5.74) is 0.269. The fourth-order valence-electron chi connectivity index (χ4n) is 3.15. The van der Waals surface area contributed by atoms with Gasteiger partial charge in [0, 0.05) is 36.1 Å². The molecule has 3 heterocycles. The van der Waals surface area contributed by atoms with Gasteiger partial charge in [-0.15, -0.1) is 0 Å². The van der Waals surface area contributed by atoms with Gasteiger partial charge in [0.25, 0.3) is 0 Å². The van der Waals surface area contributed by atoms with Crippen LogP contribution in [0.4, 0.5) is 45.5 Å². The molecule has 0 aliphatic heterocycles. The number of rotatable bonds is 6. The Kier molecular flexibility index (Phi) is 7.01. The van der Waals surface area contributed by atoms with Crippen LogP contribution in [0.15, 0.2) is 48.7 Å². The van der Waals surface area contributed by atoms with Gasteiger partial charge in [0.2, 0.25) is 5.95 Å². The van der Waals surface area contributed by atoms with Crippen molar-refractivity contribution in [2.24, 2.45) is 0 Å². The van der Waals surface area contributed by atoms with E-state index < -0.39 is 28.7 Å². The van der Waals surface area contributed by atoms with Crippen LogP contribution in [-0.2, 0) is 12.6 Å². The van der Waals surface area contributed by atoms with Gasteiger partial charge in [-0.1, -0.05) is 17.7 Å². The molecule has 3 aromatic heterocycles. The van der Waals surface area contributed by atoms with Crippen molar-refractivity contribution in [3.63, 3.8) is 0 Å². The van der Waals surface area contributed by atoms with Crippen LogP contribution < -0.4 is 16.0 Å². The molecule has 1 aromatic carbocycles. The minimum Gasteiger partial charge on any atom is -0.323 e. The van der Waals surface area contributed by atoms with Gasteiger partial charge in [0.1, 0.15) is 17.5 Å². The van der Waals surface area contributed by atoms with Crippen molar-refractivity contribution in [3.05, 3.63) is 82.3 Å². The summed E-state index contributed by atoms with van der Waals surface area (Å²) in [6.07, 6.45) is -2.84. The number of H-pyrrole nitrogens is 1. The Morgan fingerprint density at radius 3 is 2.50 bits per heavy atom. The van der Waals surface area contributed by atoms with Crippen molar-refractivity contribution >= 4 is 40.8 Å². The summed E-state index contributed by atoms with van der Waals surface area (Å²) in [4.78, 5) is 25.1. The lowest BCUT2D eigenvalue weighted by Crippen LogP contribution is -2.20. The number of aromatic nitrogens is 5. The number of carbonyl (C=O) groups excluding carboxylic acids is 1. The Bertz CT molecular complexity index is 1390. The van der Waals surface area contributed by atoms with Gasteiger partial charge < -0.3 is 10.6 Å². The highest BCUT2D eigenvalue weighted by atomic mass is 35.5. The van der Waals surface area contributed by atoms with Gasteiger partial charge in [-0.05, 0) is 36.8 Å². The summed E-state index contributed by atoms with van der Waals surface area (Å²) >= 11 is 5.59. The average Bonchev–Trinajstić information content (AvgIpc) is 3.19. The van der Waals surface area contributed by atoms with E-state index in [1.165, 1.54) is 24.4 Å². The second-order valence-electron chi connectivity index (χ2n) is 7.54. The zero-order chi connectivity index (χ0) is 25.9. The van der Waals surface area contributed by atoms with Gasteiger partial charge in [0.15, 0.2) is 5.82 Å². The quantitative estimate of drug-likeness (QED) is 0.242. The van der Waals surface area contributed by atoms with E-state index in [9.17, 15) is 22.4 Å². The third-order valence-electron chi connectivity index (χ3n) is 4.66. The summed E-state index contributed by atoms with van der Waals surface area (Å²) in [5, 5.41) is 13.1. The standard InChI is InChI=1S/C22H17ClF4N8O/c1-11-6-18(32-20-9-16(24)34-35-20)31-19(29-11)7-12-2-5-17(28-10-12)33-21(36)30-13-3-4-15(23)14(8-13)22(25,26)27/h2-6,8-10H,7H2,1H3,(H2,28,30,33,36)(H2,29,31,32,34,35). The minimum atomic E-state index is -4.66. The first-order valence-electron chi connectivity index (χ1n) is 10.3. The summed E-state index contributed by atoms with van der Waals surface area (Å²) in [7, 11) is 0. The van der Waals surface area contributed by atoms with E-state index in [-0.39, 0.29) is 17.3 Å². The average molecular weight is 521 g/mol. The van der Waals surface area contributed by atoms with Gasteiger partial charge in [-0.25, -0.2) is 19.7 Å². The second kappa shape index (κ2) is 10.2. The number of alkyl halides is 3. The molecular formula is C22H17ClF4N8O. The lowest BCUT2D eigenvalue weighted by molar-refractivity contribution is -0.137. The van der Waals surface area contributed by atoms with Crippen molar-refractivity contribution in [3.8, 4) is 0 Å². The number of amides is 2. The molecule has 0 aliphatic carbocycles. The number of urea groups is 1. The lowest BCUT2D eigenvalue weighted by Gasteiger charge is -2.12. The molecular weight excluding hydrogens is 504 g/mol. The molecule has 4 rings (SSSR count). The first-order valence-corrected chi connectivity index (χ1v) is 10.6. The summed E-state index contributed by atoms with van der Waals surface area (Å²) in [6, 6.07) is 8.34. The number of benzene rings is 1. The zero-order valence-electron chi connectivity index (χ0n) is 18.4. The molecule has 4 N–H and O–H groups in total. The SMILES string of the molecule is Cc1cc(Nc2cc(F)[nH]n2)nc(Cc2ccc(NC(=O)Nc3ccc(Cl)c(C(F)(F)F)c3)nc2)n1. The van der Waals surface area contributed by atoms with Crippen molar-refractivity contribution in [1.82, 2.24) is 25.1 Å².